The summed E-state index contributed by atoms with van der Waals surface area (Å²) in [5.74, 6) is 5.77. The molecular weight excluding hydrogens is 269 g/mol. The van der Waals surface area contributed by atoms with Gasteiger partial charge < -0.3 is 9.64 Å². The van der Waals surface area contributed by atoms with Gasteiger partial charge >= 0.3 is 0 Å². The van der Waals surface area contributed by atoms with E-state index in [1.165, 1.54) is 13.2 Å². The quantitative estimate of drug-likeness (QED) is 0.656. The summed E-state index contributed by atoms with van der Waals surface area (Å²) in [5.41, 5.74) is 5.09. The van der Waals surface area contributed by atoms with Crippen LogP contribution in [0, 0.1) is 5.82 Å². The monoisotopic (exact) mass is 289 g/mol. The Balaban J connectivity index is 2.42. The smallest absolute Gasteiger partial charge is 0.132 e. The summed E-state index contributed by atoms with van der Waals surface area (Å²) in [6.07, 6.45) is 0. The summed E-state index contributed by atoms with van der Waals surface area (Å²) in [4.78, 5) is 1.99. The first-order chi connectivity index (χ1) is 10.1. The Kier molecular flexibility index (Phi) is 4.77. The zero-order chi connectivity index (χ0) is 15.4. The molecule has 0 aliphatic heterocycles. The van der Waals surface area contributed by atoms with Crippen LogP contribution < -0.4 is 20.9 Å². The summed E-state index contributed by atoms with van der Waals surface area (Å²) >= 11 is 0. The third-order valence-corrected chi connectivity index (χ3v) is 3.41. The van der Waals surface area contributed by atoms with Crippen molar-refractivity contribution in [2.75, 3.05) is 26.1 Å². The van der Waals surface area contributed by atoms with E-state index in [0.29, 0.717) is 11.3 Å². The standard InChI is InChI=1S/C16H20FN3O/c1-20(2)12-6-4-5-11(9-12)16(19-18)14-8-7-13(21-3)10-15(14)17/h4-10,16,19H,18H2,1-3H3. The van der Waals surface area contributed by atoms with E-state index in [1.54, 1.807) is 12.1 Å². The van der Waals surface area contributed by atoms with E-state index in [9.17, 15) is 4.39 Å². The molecule has 0 fully saturated rings. The molecule has 2 aromatic carbocycles. The number of benzene rings is 2. The van der Waals surface area contributed by atoms with Gasteiger partial charge in [-0.1, -0.05) is 18.2 Å². The SMILES string of the molecule is COc1ccc(C(NN)c2cccc(N(C)C)c2)c(F)c1. The molecule has 2 aromatic rings. The van der Waals surface area contributed by atoms with E-state index in [2.05, 4.69) is 5.43 Å². The minimum atomic E-state index is -0.421. The van der Waals surface area contributed by atoms with Gasteiger partial charge in [0, 0.05) is 31.4 Å². The molecule has 0 heterocycles. The lowest BCUT2D eigenvalue weighted by Crippen LogP contribution is -2.29. The van der Waals surface area contributed by atoms with Gasteiger partial charge in [0.05, 0.1) is 13.2 Å². The largest absolute Gasteiger partial charge is 0.497 e. The number of nitrogens with one attached hydrogen (secondary N) is 1. The van der Waals surface area contributed by atoms with Gasteiger partial charge in [-0.2, -0.15) is 0 Å². The van der Waals surface area contributed by atoms with E-state index in [4.69, 9.17) is 10.6 Å². The number of hydrogen-bond acceptors (Lipinski definition) is 4. The molecule has 0 saturated carbocycles. The maximum Gasteiger partial charge on any atom is 0.132 e. The maximum absolute atomic E-state index is 14.2. The number of anilines is 1. The fourth-order valence-corrected chi connectivity index (χ4v) is 2.22. The van der Waals surface area contributed by atoms with Gasteiger partial charge in [-0.3, -0.25) is 5.84 Å². The lowest BCUT2D eigenvalue weighted by molar-refractivity contribution is 0.410. The van der Waals surface area contributed by atoms with Crippen molar-refractivity contribution in [2.45, 2.75) is 6.04 Å². The highest BCUT2D eigenvalue weighted by Crippen LogP contribution is 2.28. The molecule has 4 nitrogen and oxygen atoms in total. The van der Waals surface area contributed by atoms with Crippen molar-refractivity contribution in [2.24, 2.45) is 5.84 Å². The number of hydrogen-bond donors (Lipinski definition) is 2. The Morgan fingerprint density at radius 1 is 1.19 bits per heavy atom. The topological polar surface area (TPSA) is 50.5 Å². The molecule has 0 bridgehead atoms. The second kappa shape index (κ2) is 6.56. The fraction of sp³-hybridized carbons (Fsp3) is 0.250. The van der Waals surface area contributed by atoms with Crippen LogP contribution in [0.5, 0.6) is 5.75 Å². The van der Waals surface area contributed by atoms with Gasteiger partial charge in [0.15, 0.2) is 0 Å². The summed E-state index contributed by atoms with van der Waals surface area (Å²) in [5, 5.41) is 0. The van der Waals surface area contributed by atoms with E-state index in [0.717, 1.165) is 11.3 Å². The minimum absolute atomic E-state index is 0.354. The highest BCUT2D eigenvalue weighted by molar-refractivity contribution is 5.49. The lowest BCUT2D eigenvalue weighted by atomic mass is 9.98. The van der Waals surface area contributed by atoms with Crippen LogP contribution >= 0.6 is 0 Å². The molecule has 0 aliphatic rings. The second-order valence-corrected chi connectivity index (χ2v) is 4.98. The molecule has 21 heavy (non-hydrogen) atoms. The number of nitrogens with two attached hydrogens (primary N) is 1. The van der Waals surface area contributed by atoms with Crippen molar-refractivity contribution < 1.29 is 9.13 Å². The normalized spacial score (nSPS) is 12.0. The molecule has 1 atom stereocenters. The highest BCUT2D eigenvalue weighted by Gasteiger charge is 2.17. The number of halogens is 1. The predicted molar refractivity (Wildman–Crippen MR) is 82.9 cm³/mol. The fourth-order valence-electron chi connectivity index (χ4n) is 2.22. The van der Waals surface area contributed by atoms with E-state index < -0.39 is 6.04 Å². The molecule has 5 heteroatoms. The average Bonchev–Trinajstić information content (AvgIpc) is 2.49. The van der Waals surface area contributed by atoms with E-state index >= 15 is 0 Å². The summed E-state index contributed by atoms with van der Waals surface area (Å²) in [6.45, 7) is 0. The first kappa shape index (κ1) is 15.3. The lowest BCUT2D eigenvalue weighted by Gasteiger charge is -2.20. The predicted octanol–water partition coefficient (Wildman–Crippen LogP) is 2.45. The summed E-state index contributed by atoms with van der Waals surface area (Å²) < 4.78 is 19.3. The number of nitrogens with zero attached hydrogens (tertiary/aromatic N) is 1. The molecule has 3 N–H and O–H groups in total. The molecule has 0 aromatic heterocycles. The molecule has 1 unspecified atom stereocenters. The number of ether oxygens (including phenoxy) is 1. The van der Waals surface area contributed by atoms with Crippen molar-refractivity contribution in [3.05, 3.63) is 59.4 Å². The van der Waals surface area contributed by atoms with Crippen molar-refractivity contribution >= 4 is 5.69 Å². The molecule has 0 aliphatic carbocycles. The van der Waals surface area contributed by atoms with Crippen LogP contribution in [0.15, 0.2) is 42.5 Å². The van der Waals surface area contributed by atoms with Crippen LogP contribution in [-0.2, 0) is 0 Å². The van der Waals surface area contributed by atoms with Crippen LogP contribution in [0.4, 0.5) is 10.1 Å². The van der Waals surface area contributed by atoms with Crippen LogP contribution in [0.3, 0.4) is 0 Å². The second-order valence-electron chi connectivity index (χ2n) is 4.98. The van der Waals surface area contributed by atoms with Crippen LogP contribution in [0.2, 0.25) is 0 Å². The van der Waals surface area contributed by atoms with Crippen molar-refractivity contribution in [3.63, 3.8) is 0 Å². The Morgan fingerprint density at radius 3 is 2.52 bits per heavy atom. The van der Waals surface area contributed by atoms with Gasteiger partial charge in [-0.15, -0.1) is 0 Å². The summed E-state index contributed by atoms with van der Waals surface area (Å²) in [6, 6.07) is 12.2. The highest BCUT2D eigenvalue weighted by atomic mass is 19.1. The first-order valence-electron chi connectivity index (χ1n) is 6.63. The van der Waals surface area contributed by atoms with Crippen LogP contribution in [-0.4, -0.2) is 21.2 Å². The maximum atomic E-state index is 14.2. The number of methoxy groups -OCH3 is 1. The Morgan fingerprint density at radius 2 is 1.95 bits per heavy atom. The molecule has 0 spiro atoms. The van der Waals surface area contributed by atoms with Crippen molar-refractivity contribution in [1.82, 2.24) is 5.43 Å². The zero-order valence-electron chi connectivity index (χ0n) is 12.4. The van der Waals surface area contributed by atoms with Gasteiger partial charge in [-0.05, 0) is 23.8 Å². The van der Waals surface area contributed by atoms with Gasteiger partial charge in [-0.25, -0.2) is 9.82 Å². The van der Waals surface area contributed by atoms with Gasteiger partial charge in [0.1, 0.15) is 11.6 Å². The molecular formula is C16H20FN3O. The summed E-state index contributed by atoms with van der Waals surface area (Å²) in [7, 11) is 5.42. The molecule has 2 rings (SSSR count). The Labute approximate surface area is 124 Å². The third kappa shape index (κ3) is 3.32. The third-order valence-electron chi connectivity index (χ3n) is 3.41. The molecule has 0 amide bonds. The van der Waals surface area contributed by atoms with Crippen molar-refractivity contribution in [1.29, 1.82) is 0 Å². The van der Waals surface area contributed by atoms with Crippen molar-refractivity contribution in [3.8, 4) is 5.75 Å². The number of rotatable bonds is 5. The van der Waals surface area contributed by atoms with Gasteiger partial charge in [0.25, 0.3) is 0 Å². The molecule has 112 valence electrons. The molecule has 0 radical (unpaired) electrons. The zero-order valence-corrected chi connectivity index (χ0v) is 12.4. The van der Waals surface area contributed by atoms with E-state index in [-0.39, 0.29) is 5.82 Å². The van der Waals surface area contributed by atoms with E-state index in [1.807, 2.05) is 43.3 Å². The first-order valence-corrected chi connectivity index (χ1v) is 6.63. The Hall–Kier alpha value is -2.11. The van der Waals surface area contributed by atoms with Crippen LogP contribution in [0.25, 0.3) is 0 Å². The molecule has 0 saturated heterocycles. The Bertz CT molecular complexity index is 616. The number of hydrazine groups is 1. The van der Waals surface area contributed by atoms with Gasteiger partial charge in [0.2, 0.25) is 0 Å². The van der Waals surface area contributed by atoms with Crippen LogP contribution in [0.1, 0.15) is 17.2 Å². The minimum Gasteiger partial charge on any atom is -0.497 e. The average molecular weight is 289 g/mol.